The topological polar surface area (TPSA) is 37.5 Å². The monoisotopic (exact) mass is 280 g/mol. The summed E-state index contributed by atoms with van der Waals surface area (Å²) in [6.07, 6.45) is 2.13. The lowest BCUT2D eigenvalue weighted by Gasteiger charge is -2.11. The maximum absolute atomic E-state index is 10.4. The first-order valence-electron chi connectivity index (χ1n) is 7.34. The SMILES string of the molecule is CCC(O)c1c(-c2ccc(C)cc2)nc2c(C)cccn12. The van der Waals surface area contributed by atoms with Gasteiger partial charge >= 0.3 is 0 Å². The van der Waals surface area contributed by atoms with E-state index >= 15 is 0 Å². The van der Waals surface area contributed by atoms with Crippen molar-refractivity contribution in [3.05, 3.63) is 59.4 Å². The highest BCUT2D eigenvalue weighted by molar-refractivity contribution is 5.68. The van der Waals surface area contributed by atoms with E-state index in [1.807, 2.05) is 36.6 Å². The zero-order chi connectivity index (χ0) is 15.0. The lowest BCUT2D eigenvalue weighted by Crippen LogP contribution is -2.02. The molecule has 3 aromatic rings. The Morgan fingerprint density at radius 3 is 2.52 bits per heavy atom. The van der Waals surface area contributed by atoms with Gasteiger partial charge in [0.2, 0.25) is 0 Å². The van der Waals surface area contributed by atoms with Crippen molar-refractivity contribution in [2.24, 2.45) is 0 Å². The van der Waals surface area contributed by atoms with Crippen molar-refractivity contribution in [1.82, 2.24) is 9.38 Å². The molecule has 3 heteroatoms. The molecule has 0 aliphatic carbocycles. The standard InChI is InChI=1S/C18H20N2O/c1-4-15(21)17-16(14-9-7-12(2)8-10-14)19-18-13(3)6-5-11-20(17)18/h5-11,15,21H,4H2,1-3H3. The second-order valence-corrected chi connectivity index (χ2v) is 5.52. The van der Waals surface area contributed by atoms with Crippen LogP contribution in [0.4, 0.5) is 0 Å². The number of aliphatic hydroxyl groups is 1. The average Bonchev–Trinajstić information content (AvgIpc) is 2.88. The van der Waals surface area contributed by atoms with E-state index in [2.05, 4.69) is 31.2 Å². The number of hydrogen-bond donors (Lipinski definition) is 1. The van der Waals surface area contributed by atoms with Crippen LogP contribution in [0.25, 0.3) is 16.9 Å². The highest BCUT2D eigenvalue weighted by Crippen LogP contribution is 2.31. The Labute approximate surface area is 124 Å². The molecule has 1 unspecified atom stereocenters. The molecule has 0 amide bonds. The summed E-state index contributed by atoms with van der Waals surface area (Å²) in [6.45, 7) is 6.10. The number of aryl methyl sites for hydroxylation is 2. The van der Waals surface area contributed by atoms with Gasteiger partial charge in [0.05, 0.1) is 17.5 Å². The van der Waals surface area contributed by atoms with Crippen LogP contribution >= 0.6 is 0 Å². The van der Waals surface area contributed by atoms with E-state index in [4.69, 9.17) is 4.98 Å². The Morgan fingerprint density at radius 2 is 1.86 bits per heavy atom. The number of nitrogens with zero attached hydrogens (tertiary/aromatic N) is 2. The third kappa shape index (κ3) is 2.34. The van der Waals surface area contributed by atoms with Crippen molar-refractivity contribution in [3.63, 3.8) is 0 Å². The molecule has 2 aromatic heterocycles. The fraction of sp³-hybridized carbons (Fsp3) is 0.278. The Hall–Kier alpha value is -2.13. The van der Waals surface area contributed by atoms with Crippen LogP contribution in [-0.2, 0) is 0 Å². The Kier molecular flexibility index (Phi) is 3.52. The molecule has 0 saturated heterocycles. The maximum atomic E-state index is 10.4. The fourth-order valence-corrected chi connectivity index (χ4v) is 2.66. The smallest absolute Gasteiger partial charge is 0.140 e. The molecular formula is C18H20N2O. The van der Waals surface area contributed by atoms with E-state index in [0.717, 1.165) is 28.2 Å². The zero-order valence-electron chi connectivity index (χ0n) is 12.7. The summed E-state index contributed by atoms with van der Waals surface area (Å²) in [5.74, 6) is 0. The van der Waals surface area contributed by atoms with Gasteiger partial charge in [0.1, 0.15) is 5.65 Å². The maximum Gasteiger partial charge on any atom is 0.140 e. The molecule has 1 atom stereocenters. The molecule has 0 radical (unpaired) electrons. The molecule has 1 N–H and O–H groups in total. The van der Waals surface area contributed by atoms with Crippen LogP contribution in [0.15, 0.2) is 42.6 Å². The predicted molar refractivity (Wildman–Crippen MR) is 85.4 cm³/mol. The number of aromatic nitrogens is 2. The van der Waals surface area contributed by atoms with Crippen LogP contribution in [0.5, 0.6) is 0 Å². The summed E-state index contributed by atoms with van der Waals surface area (Å²) in [5.41, 5.74) is 6.04. The summed E-state index contributed by atoms with van der Waals surface area (Å²) in [5, 5.41) is 10.4. The lowest BCUT2D eigenvalue weighted by molar-refractivity contribution is 0.168. The Bertz CT molecular complexity index is 772. The summed E-state index contributed by atoms with van der Waals surface area (Å²) < 4.78 is 2.01. The number of hydrogen-bond acceptors (Lipinski definition) is 2. The molecule has 0 aliphatic heterocycles. The first-order chi connectivity index (χ1) is 10.1. The van der Waals surface area contributed by atoms with Crippen LogP contribution < -0.4 is 0 Å². The summed E-state index contributed by atoms with van der Waals surface area (Å²) in [6, 6.07) is 12.3. The first-order valence-corrected chi connectivity index (χ1v) is 7.34. The summed E-state index contributed by atoms with van der Waals surface area (Å²) >= 11 is 0. The van der Waals surface area contributed by atoms with Crippen molar-refractivity contribution >= 4 is 5.65 Å². The number of imidazole rings is 1. The van der Waals surface area contributed by atoms with E-state index in [1.165, 1.54) is 5.56 Å². The van der Waals surface area contributed by atoms with Gasteiger partial charge in [0.25, 0.3) is 0 Å². The van der Waals surface area contributed by atoms with Crippen LogP contribution in [0, 0.1) is 13.8 Å². The molecule has 0 bridgehead atoms. The molecule has 1 aromatic carbocycles. The molecule has 3 rings (SSSR count). The Morgan fingerprint density at radius 1 is 1.14 bits per heavy atom. The number of rotatable bonds is 3. The van der Waals surface area contributed by atoms with Crippen molar-refractivity contribution in [2.45, 2.75) is 33.3 Å². The van der Waals surface area contributed by atoms with Crippen LogP contribution in [-0.4, -0.2) is 14.5 Å². The molecule has 0 aliphatic rings. The van der Waals surface area contributed by atoms with E-state index in [0.29, 0.717) is 6.42 Å². The van der Waals surface area contributed by atoms with Gasteiger partial charge in [-0.2, -0.15) is 0 Å². The van der Waals surface area contributed by atoms with Gasteiger partial charge in [-0.05, 0) is 31.9 Å². The number of benzene rings is 1. The number of pyridine rings is 1. The molecule has 0 spiro atoms. The van der Waals surface area contributed by atoms with Crippen LogP contribution in [0.1, 0.15) is 36.3 Å². The molecule has 2 heterocycles. The molecule has 3 nitrogen and oxygen atoms in total. The van der Waals surface area contributed by atoms with Crippen molar-refractivity contribution in [2.75, 3.05) is 0 Å². The van der Waals surface area contributed by atoms with Crippen LogP contribution in [0.2, 0.25) is 0 Å². The molecule has 0 saturated carbocycles. The highest BCUT2D eigenvalue weighted by atomic mass is 16.3. The minimum Gasteiger partial charge on any atom is -0.387 e. The first kappa shape index (κ1) is 13.8. The van der Waals surface area contributed by atoms with Gasteiger partial charge in [-0.1, -0.05) is 42.8 Å². The fourth-order valence-electron chi connectivity index (χ4n) is 2.66. The molecule has 108 valence electrons. The van der Waals surface area contributed by atoms with E-state index in [9.17, 15) is 5.11 Å². The quantitative estimate of drug-likeness (QED) is 0.785. The highest BCUT2D eigenvalue weighted by Gasteiger charge is 2.20. The second-order valence-electron chi connectivity index (χ2n) is 5.52. The van der Waals surface area contributed by atoms with Gasteiger partial charge in [-0.15, -0.1) is 0 Å². The van der Waals surface area contributed by atoms with Crippen molar-refractivity contribution in [3.8, 4) is 11.3 Å². The molecular weight excluding hydrogens is 260 g/mol. The Balaban J connectivity index is 2.30. The van der Waals surface area contributed by atoms with Gasteiger partial charge < -0.3 is 9.51 Å². The molecule has 0 fully saturated rings. The minimum absolute atomic E-state index is 0.516. The third-order valence-electron chi connectivity index (χ3n) is 3.91. The second kappa shape index (κ2) is 5.34. The average molecular weight is 280 g/mol. The number of fused-ring (bicyclic) bond motifs is 1. The van der Waals surface area contributed by atoms with Gasteiger partial charge in [-0.25, -0.2) is 4.98 Å². The van der Waals surface area contributed by atoms with Gasteiger partial charge in [-0.3, -0.25) is 0 Å². The largest absolute Gasteiger partial charge is 0.387 e. The van der Waals surface area contributed by atoms with Crippen LogP contribution in [0.3, 0.4) is 0 Å². The minimum atomic E-state index is -0.516. The summed E-state index contributed by atoms with van der Waals surface area (Å²) in [4.78, 5) is 4.78. The van der Waals surface area contributed by atoms with E-state index in [1.54, 1.807) is 0 Å². The van der Waals surface area contributed by atoms with Crippen molar-refractivity contribution < 1.29 is 5.11 Å². The van der Waals surface area contributed by atoms with Gasteiger partial charge in [0.15, 0.2) is 0 Å². The molecule has 21 heavy (non-hydrogen) atoms. The van der Waals surface area contributed by atoms with E-state index < -0.39 is 6.10 Å². The van der Waals surface area contributed by atoms with Crippen molar-refractivity contribution in [1.29, 1.82) is 0 Å². The van der Waals surface area contributed by atoms with Gasteiger partial charge in [0, 0.05) is 11.8 Å². The zero-order valence-corrected chi connectivity index (χ0v) is 12.7. The third-order valence-corrected chi connectivity index (χ3v) is 3.91. The lowest BCUT2D eigenvalue weighted by atomic mass is 10.0. The predicted octanol–water partition coefficient (Wildman–Crippen LogP) is 4.06. The van der Waals surface area contributed by atoms with E-state index in [-0.39, 0.29) is 0 Å². The number of aliphatic hydroxyl groups excluding tert-OH is 1. The normalized spacial score (nSPS) is 12.8. The summed E-state index contributed by atoms with van der Waals surface area (Å²) in [7, 11) is 0.